The number of hydrogen-bond acceptors (Lipinski definition) is 0. The lowest BCUT2D eigenvalue weighted by atomic mass is 9.80. The molecule has 2 N–H and O–H groups in total. The molecule has 1 aromatic carbocycles. The van der Waals surface area contributed by atoms with Gasteiger partial charge in [0.05, 0.1) is 5.54 Å². The van der Waals surface area contributed by atoms with Crippen molar-refractivity contribution in [2.45, 2.75) is 69.9 Å². The van der Waals surface area contributed by atoms with E-state index in [1.807, 2.05) is 0 Å². The molecule has 1 aliphatic heterocycles. The van der Waals surface area contributed by atoms with Gasteiger partial charge in [-0.15, -0.1) is 0 Å². The Labute approximate surface area is 111 Å². The van der Waals surface area contributed by atoms with E-state index in [0.717, 1.165) is 5.92 Å². The van der Waals surface area contributed by atoms with Crippen LogP contribution >= 0.6 is 0 Å². The fourth-order valence-electron chi connectivity index (χ4n) is 4.17. The zero-order chi connectivity index (χ0) is 12.4. The summed E-state index contributed by atoms with van der Waals surface area (Å²) in [6, 6.07) is 9.09. The van der Waals surface area contributed by atoms with Gasteiger partial charge in [-0.2, -0.15) is 0 Å². The molecule has 0 bridgehead atoms. The summed E-state index contributed by atoms with van der Waals surface area (Å²) in [7, 11) is 0. The fourth-order valence-corrected chi connectivity index (χ4v) is 4.17. The quantitative estimate of drug-likeness (QED) is 0.721. The summed E-state index contributed by atoms with van der Waals surface area (Å²) >= 11 is 0. The molecular weight excluding hydrogens is 218 g/mol. The van der Waals surface area contributed by atoms with Crippen LogP contribution in [0.5, 0.6) is 0 Å². The molecule has 0 unspecified atom stereocenters. The second-order valence-electron chi connectivity index (χ2n) is 6.49. The van der Waals surface area contributed by atoms with Gasteiger partial charge in [-0.1, -0.05) is 44.0 Å². The van der Waals surface area contributed by atoms with Gasteiger partial charge in [0.2, 0.25) is 0 Å². The van der Waals surface area contributed by atoms with E-state index in [1.165, 1.54) is 51.5 Å². The van der Waals surface area contributed by atoms with Crippen LogP contribution < -0.4 is 5.32 Å². The normalized spacial score (nSPS) is 27.3. The van der Waals surface area contributed by atoms with Crippen molar-refractivity contribution in [2.75, 3.05) is 0 Å². The first-order chi connectivity index (χ1) is 8.79. The van der Waals surface area contributed by atoms with Gasteiger partial charge in [-0.3, -0.25) is 0 Å². The van der Waals surface area contributed by atoms with Crippen molar-refractivity contribution in [3.8, 4) is 0 Å². The lowest BCUT2D eigenvalue weighted by Crippen LogP contribution is -2.95. The predicted molar refractivity (Wildman–Crippen MR) is 75.5 cm³/mol. The number of rotatable bonds is 0. The molecule has 1 nitrogen and oxygen atoms in total. The lowest BCUT2D eigenvalue weighted by Gasteiger charge is -2.30. The Morgan fingerprint density at radius 3 is 2.56 bits per heavy atom. The van der Waals surface area contributed by atoms with Crippen molar-refractivity contribution in [3.63, 3.8) is 0 Å². The van der Waals surface area contributed by atoms with Gasteiger partial charge in [0.15, 0.2) is 0 Å². The number of fused-ring (bicyclic) bond motifs is 1. The van der Waals surface area contributed by atoms with Gasteiger partial charge in [0.1, 0.15) is 6.54 Å². The van der Waals surface area contributed by atoms with Crippen LogP contribution in [-0.4, -0.2) is 5.54 Å². The van der Waals surface area contributed by atoms with E-state index in [-0.39, 0.29) is 0 Å². The topological polar surface area (TPSA) is 16.6 Å². The van der Waals surface area contributed by atoms with Crippen LogP contribution in [0.25, 0.3) is 0 Å². The van der Waals surface area contributed by atoms with E-state index in [0.29, 0.717) is 5.54 Å². The van der Waals surface area contributed by atoms with Crippen molar-refractivity contribution in [2.24, 2.45) is 0 Å². The zero-order valence-electron chi connectivity index (χ0n) is 11.6. The van der Waals surface area contributed by atoms with E-state index in [4.69, 9.17) is 0 Å². The van der Waals surface area contributed by atoms with E-state index in [2.05, 4.69) is 36.5 Å². The van der Waals surface area contributed by atoms with Crippen molar-refractivity contribution in [1.82, 2.24) is 0 Å². The summed E-state index contributed by atoms with van der Waals surface area (Å²) < 4.78 is 0. The largest absolute Gasteiger partial charge is 0.338 e. The maximum Gasteiger partial charge on any atom is 0.102 e. The Morgan fingerprint density at radius 1 is 1.06 bits per heavy atom. The van der Waals surface area contributed by atoms with Crippen LogP contribution in [0, 0.1) is 0 Å². The Kier molecular flexibility index (Phi) is 3.43. The Hall–Kier alpha value is -0.820. The monoisotopic (exact) mass is 244 g/mol. The van der Waals surface area contributed by atoms with E-state index >= 15 is 0 Å². The van der Waals surface area contributed by atoms with Crippen molar-refractivity contribution in [1.29, 1.82) is 0 Å². The lowest BCUT2D eigenvalue weighted by molar-refractivity contribution is -0.743. The van der Waals surface area contributed by atoms with E-state index < -0.39 is 0 Å². The highest BCUT2D eigenvalue weighted by Gasteiger charge is 2.38. The summed E-state index contributed by atoms with van der Waals surface area (Å²) in [5.41, 5.74) is 3.73. The molecule has 2 aliphatic rings. The van der Waals surface area contributed by atoms with E-state index in [1.54, 1.807) is 11.1 Å². The molecule has 1 heterocycles. The van der Waals surface area contributed by atoms with E-state index in [9.17, 15) is 0 Å². The molecule has 18 heavy (non-hydrogen) atoms. The first-order valence-electron chi connectivity index (χ1n) is 7.71. The second kappa shape index (κ2) is 5.05. The Balaban J connectivity index is 1.86. The molecule has 1 atom stereocenters. The number of hydrogen-bond donors (Lipinski definition) is 1. The SMILES string of the molecule is C[C@H]1CC2(CCCCCC2)[NH2+]Cc2ccccc21. The van der Waals surface area contributed by atoms with Crippen LogP contribution in [0.1, 0.15) is 68.9 Å². The highest BCUT2D eigenvalue weighted by Crippen LogP contribution is 2.35. The van der Waals surface area contributed by atoms with Gasteiger partial charge >= 0.3 is 0 Å². The van der Waals surface area contributed by atoms with Gasteiger partial charge in [-0.05, 0) is 24.3 Å². The maximum absolute atomic E-state index is 2.68. The molecule has 1 aliphatic carbocycles. The van der Waals surface area contributed by atoms with Gasteiger partial charge in [-0.25, -0.2) is 0 Å². The van der Waals surface area contributed by atoms with Crippen LogP contribution in [0.4, 0.5) is 0 Å². The zero-order valence-corrected chi connectivity index (χ0v) is 11.6. The first kappa shape index (κ1) is 12.2. The Morgan fingerprint density at radius 2 is 1.78 bits per heavy atom. The molecule has 98 valence electrons. The molecule has 1 aromatic rings. The number of quaternary nitrogens is 1. The molecule has 1 spiro atoms. The molecule has 0 radical (unpaired) electrons. The van der Waals surface area contributed by atoms with Crippen molar-refractivity contribution >= 4 is 0 Å². The third-order valence-electron chi connectivity index (χ3n) is 5.15. The molecule has 1 saturated carbocycles. The highest BCUT2D eigenvalue weighted by atomic mass is 15.0. The van der Waals surface area contributed by atoms with Gasteiger partial charge in [0, 0.05) is 24.8 Å². The number of nitrogens with two attached hydrogens (primary N) is 1. The van der Waals surface area contributed by atoms with Crippen LogP contribution in [-0.2, 0) is 6.54 Å². The predicted octanol–water partition coefficient (Wildman–Crippen LogP) is 3.35. The summed E-state index contributed by atoms with van der Waals surface area (Å²) in [5.74, 6) is 0.734. The minimum atomic E-state index is 0.551. The maximum atomic E-state index is 2.68. The van der Waals surface area contributed by atoms with Crippen LogP contribution in [0.15, 0.2) is 24.3 Å². The number of benzene rings is 1. The summed E-state index contributed by atoms with van der Waals surface area (Å²) in [6.45, 7) is 3.63. The first-order valence-corrected chi connectivity index (χ1v) is 7.71. The molecular formula is C17H26N+. The van der Waals surface area contributed by atoms with Crippen LogP contribution in [0.2, 0.25) is 0 Å². The summed E-state index contributed by atoms with van der Waals surface area (Å²) in [6.07, 6.45) is 10.0. The smallest absolute Gasteiger partial charge is 0.102 e. The molecule has 0 aromatic heterocycles. The fraction of sp³-hybridized carbons (Fsp3) is 0.647. The second-order valence-corrected chi connectivity index (χ2v) is 6.49. The van der Waals surface area contributed by atoms with Gasteiger partial charge in [0.25, 0.3) is 0 Å². The average Bonchev–Trinajstić information content (AvgIpc) is 2.69. The minimum absolute atomic E-state index is 0.551. The third kappa shape index (κ3) is 2.33. The Bertz CT molecular complexity index is 402. The molecule has 3 rings (SSSR count). The molecule has 1 fully saturated rings. The summed E-state index contributed by atoms with van der Waals surface area (Å²) in [4.78, 5) is 0. The van der Waals surface area contributed by atoms with Gasteiger partial charge < -0.3 is 5.32 Å². The third-order valence-corrected chi connectivity index (χ3v) is 5.15. The standard InChI is InChI=1S/C17H25N/c1-14-12-17(10-6-2-3-7-11-17)18-13-15-8-4-5-9-16(14)15/h4-5,8-9,14,18H,2-3,6-7,10-13H2,1H3/p+1/t14-/m0/s1. The molecule has 0 amide bonds. The minimum Gasteiger partial charge on any atom is -0.338 e. The average molecular weight is 244 g/mol. The highest BCUT2D eigenvalue weighted by molar-refractivity contribution is 5.30. The molecule has 1 heteroatoms. The molecule has 0 saturated heterocycles. The van der Waals surface area contributed by atoms with Crippen molar-refractivity contribution in [3.05, 3.63) is 35.4 Å². The summed E-state index contributed by atoms with van der Waals surface area (Å²) in [5, 5.41) is 2.68. The van der Waals surface area contributed by atoms with Crippen LogP contribution in [0.3, 0.4) is 0 Å². The van der Waals surface area contributed by atoms with Crippen molar-refractivity contribution < 1.29 is 5.32 Å².